The molecule has 0 amide bonds. The molecule has 0 N–H and O–H groups in total. The van der Waals surface area contributed by atoms with Crippen LogP contribution in [0.15, 0.2) is 182 Å². The Balaban J connectivity index is 1.13. The van der Waals surface area contributed by atoms with E-state index in [9.17, 15) is 28.8 Å². The van der Waals surface area contributed by atoms with E-state index in [0.717, 1.165) is 187 Å². The highest BCUT2D eigenvalue weighted by Gasteiger charge is 2.28. The van der Waals surface area contributed by atoms with E-state index < -0.39 is 35.8 Å². The largest absolute Gasteiger partial charge is 0.419 e. The number of carbonyl (C=O) groups excluding carboxylic acids is 6. The zero-order valence-electron chi connectivity index (χ0n) is 75.4. The van der Waals surface area contributed by atoms with E-state index in [1.54, 1.807) is 182 Å². The molecule has 0 aromatic heterocycles. The number of carbonyl (C=O) groups is 6. The lowest BCUT2D eigenvalue weighted by Crippen LogP contribution is -2.14. The third-order valence-corrected chi connectivity index (χ3v) is 22.4. The lowest BCUT2D eigenvalue weighted by atomic mass is 9.93. The molecule has 126 heavy (non-hydrogen) atoms. The number of unbranched alkanes of at least 4 members (excludes halogenated alkanes) is 24. The second-order valence-corrected chi connectivity index (χ2v) is 32.9. The molecule has 0 heterocycles. The van der Waals surface area contributed by atoms with E-state index in [4.69, 9.17) is 56.8 Å². The van der Waals surface area contributed by atoms with Gasteiger partial charge in [0.25, 0.3) is 0 Å². The maximum absolute atomic E-state index is 15.0. The summed E-state index contributed by atoms with van der Waals surface area (Å²) in [6, 6.07) is 50.6. The lowest BCUT2D eigenvalue weighted by Gasteiger charge is -2.19. The van der Waals surface area contributed by atoms with Gasteiger partial charge in [0.05, 0.1) is 73.0 Å². The number of benzene rings is 10. The zero-order valence-corrected chi connectivity index (χ0v) is 75.4. The maximum atomic E-state index is 15.0. The summed E-state index contributed by atoms with van der Waals surface area (Å²) in [4.78, 5) is 89.7. The van der Waals surface area contributed by atoms with Gasteiger partial charge in [0.1, 0.15) is 0 Å². The predicted molar refractivity (Wildman–Crippen MR) is 498 cm³/mol. The Morgan fingerprint density at radius 3 is 0.429 bits per heavy atom. The first kappa shape index (κ1) is 97.7. The second kappa shape index (κ2) is 55.2. The van der Waals surface area contributed by atoms with Crippen molar-refractivity contribution in [1.29, 1.82) is 0 Å². The number of rotatable bonds is 60. The Labute approximate surface area is 746 Å². The number of esters is 6. The van der Waals surface area contributed by atoms with E-state index in [2.05, 4.69) is 41.5 Å². The molecule has 672 valence electrons. The molecule has 0 atom stereocenters. The fraction of sp³-hybridized carbons (Fsp3) is 0.444. The Hall–Kier alpha value is -10.4. The van der Waals surface area contributed by atoms with Crippen LogP contribution in [0.4, 0.5) is 0 Å². The minimum Gasteiger partial charge on any atom is -0.419 e. The molecule has 0 aliphatic carbocycles. The fourth-order valence-electron chi connectivity index (χ4n) is 14.9. The van der Waals surface area contributed by atoms with Crippen LogP contribution < -0.4 is 28.4 Å². The van der Waals surface area contributed by atoms with Crippen molar-refractivity contribution in [2.75, 3.05) is 39.6 Å². The number of fused-ring (bicyclic) bond motifs is 6. The van der Waals surface area contributed by atoms with Crippen molar-refractivity contribution in [2.24, 2.45) is 0 Å². The summed E-state index contributed by atoms with van der Waals surface area (Å²) in [6.07, 6.45) is 32.9. The second-order valence-electron chi connectivity index (χ2n) is 32.9. The van der Waals surface area contributed by atoms with Gasteiger partial charge >= 0.3 is 35.8 Å². The van der Waals surface area contributed by atoms with Crippen LogP contribution in [0, 0.1) is 0 Å². The monoisotopic (exact) mass is 1720 g/mol. The first-order valence-corrected chi connectivity index (χ1v) is 46.6. The molecule has 0 fully saturated rings. The first-order valence-electron chi connectivity index (χ1n) is 46.6. The van der Waals surface area contributed by atoms with E-state index in [1.807, 2.05) is 0 Å². The molecule has 0 unspecified atom stereocenters. The highest BCUT2D eigenvalue weighted by atomic mass is 16.6. The third-order valence-electron chi connectivity index (χ3n) is 22.4. The molecule has 0 saturated carbocycles. The summed E-state index contributed by atoms with van der Waals surface area (Å²) in [7, 11) is 0. The van der Waals surface area contributed by atoms with Gasteiger partial charge in [-0.05, 0) is 213 Å². The maximum Gasteiger partial charge on any atom is 0.343 e. The lowest BCUT2D eigenvalue weighted by molar-refractivity contribution is 0.0682. The molecule has 0 radical (unpaired) electrons. The van der Waals surface area contributed by atoms with Gasteiger partial charge in [-0.3, -0.25) is 0 Å². The molecule has 18 heteroatoms. The minimum atomic E-state index is -0.799. The fourth-order valence-corrected chi connectivity index (χ4v) is 14.9. The van der Waals surface area contributed by atoms with Crippen molar-refractivity contribution < 1.29 is 85.6 Å². The van der Waals surface area contributed by atoms with Crippen molar-refractivity contribution in [3.05, 3.63) is 249 Å². The summed E-state index contributed by atoms with van der Waals surface area (Å²) >= 11 is 0. The highest BCUT2D eigenvalue weighted by molar-refractivity contribution is 6.27. The van der Waals surface area contributed by atoms with Gasteiger partial charge in [-0.2, -0.15) is 0 Å². The summed E-state index contributed by atoms with van der Waals surface area (Å²) < 4.78 is 75.1. The Morgan fingerprint density at radius 1 is 0.175 bits per heavy atom. The molecule has 0 saturated heterocycles. The first-order chi connectivity index (χ1) is 61.8. The molecule has 10 aromatic carbocycles. The summed E-state index contributed by atoms with van der Waals surface area (Å²) in [6.45, 7) is 18.7. The molecule has 10 aromatic rings. The molecule has 0 aliphatic rings. The molecule has 10 rings (SSSR count). The normalized spacial score (nSPS) is 11.4. The van der Waals surface area contributed by atoms with Crippen molar-refractivity contribution in [3.8, 4) is 34.5 Å². The van der Waals surface area contributed by atoms with Gasteiger partial charge in [-0.25, -0.2) is 28.8 Å². The Morgan fingerprint density at radius 2 is 0.302 bits per heavy atom. The van der Waals surface area contributed by atoms with Crippen LogP contribution in [-0.4, -0.2) is 75.5 Å². The van der Waals surface area contributed by atoms with E-state index in [0.29, 0.717) is 112 Å². The van der Waals surface area contributed by atoms with E-state index >= 15 is 0 Å². The van der Waals surface area contributed by atoms with Gasteiger partial charge < -0.3 is 56.8 Å². The van der Waals surface area contributed by atoms with Crippen LogP contribution in [0.2, 0.25) is 0 Å². The predicted octanol–water partition coefficient (Wildman–Crippen LogP) is 27.4. The Kier molecular flexibility index (Phi) is 42.8. The van der Waals surface area contributed by atoms with Crippen LogP contribution in [0.25, 0.3) is 32.3 Å². The van der Waals surface area contributed by atoms with Gasteiger partial charge in [0, 0.05) is 39.6 Å². The van der Waals surface area contributed by atoms with Gasteiger partial charge in [-0.1, -0.05) is 268 Å². The van der Waals surface area contributed by atoms with Crippen molar-refractivity contribution in [1.82, 2.24) is 0 Å². The number of ether oxygens (including phenoxy) is 12. The highest BCUT2D eigenvalue weighted by Crippen LogP contribution is 2.48. The smallest absolute Gasteiger partial charge is 0.343 e. The van der Waals surface area contributed by atoms with Crippen LogP contribution >= 0.6 is 0 Å². The quantitative estimate of drug-likeness (QED) is 0.0150. The topological polar surface area (TPSA) is 213 Å². The summed E-state index contributed by atoms with van der Waals surface area (Å²) in [5.74, 6) is -5.99. The van der Waals surface area contributed by atoms with Crippen LogP contribution in [0.5, 0.6) is 34.5 Å². The van der Waals surface area contributed by atoms with Crippen molar-refractivity contribution in [2.45, 2.75) is 274 Å². The van der Waals surface area contributed by atoms with Crippen LogP contribution in [0.1, 0.15) is 330 Å². The number of hydrogen-bond acceptors (Lipinski definition) is 18. The number of hydrogen-bond donors (Lipinski definition) is 0. The Bertz CT molecular complexity index is 4140. The summed E-state index contributed by atoms with van der Waals surface area (Å²) in [5.41, 5.74) is 6.10. The minimum absolute atomic E-state index is 0.172. The van der Waals surface area contributed by atoms with Crippen LogP contribution in [0.3, 0.4) is 0 Å². The average molecular weight is 1720 g/mol. The van der Waals surface area contributed by atoms with E-state index in [-0.39, 0.29) is 67.9 Å². The molecule has 18 nitrogen and oxygen atoms in total. The van der Waals surface area contributed by atoms with Gasteiger partial charge in [0.2, 0.25) is 0 Å². The third kappa shape index (κ3) is 32.1. The van der Waals surface area contributed by atoms with Crippen molar-refractivity contribution in [3.63, 3.8) is 0 Å². The van der Waals surface area contributed by atoms with Crippen molar-refractivity contribution >= 4 is 68.1 Å². The van der Waals surface area contributed by atoms with Gasteiger partial charge in [-0.15, -0.1) is 0 Å². The summed E-state index contributed by atoms with van der Waals surface area (Å²) in [5, 5.41) is 1.84. The molecular formula is C108H132O18. The molecular weight excluding hydrogens is 1590 g/mol. The van der Waals surface area contributed by atoms with Crippen LogP contribution in [-0.2, 0) is 68.1 Å². The molecule has 0 bridgehead atoms. The van der Waals surface area contributed by atoms with E-state index in [1.165, 1.54) is 38.5 Å². The van der Waals surface area contributed by atoms with Gasteiger partial charge in [0.15, 0.2) is 34.5 Å². The average Bonchev–Trinajstić information content (AvgIpc) is 0.721. The molecule has 0 aliphatic heterocycles. The zero-order chi connectivity index (χ0) is 88.7. The standard InChI is InChI=1S/C108H132O18/c1-7-13-19-25-31-61-115-73-79-37-49-85(50-38-79)103(109)121-97-67-91-92(68-98(97)122-104(110)86-51-39-80(40-52-86)74-116-62-32-26-20-14-8-2)94-70-100(124-106(112)88-55-43-82(44-56-88)76-118-64-34-28-22-16-10-4)102(126-108(114)90-59-47-84(48-60-90)78-120-66-36-30-24-18-12-6)72-96(94)95-71-101(125-107(113)89-57-45-83(46-58-89)77-119-65-35-29-23-17-11-5)99(69-93(91)95)123-105(111)87-53-41-81(42-54-87)75-117-63-33-27-21-15-9-3/h37-60,67-72H,7-36,61-66,73-78H2,1-6H3. The molecule has 0 spiro atoms. The SMILES string of the molecule is CCCCCCCOCc1ccc(C(=O)Oc2cc3c4cc(OC(=O)c5ccc(COCCCCCCC)cc5)c(OC(=O)c5ccc(COCCCCCCC)cc5)cc4c4cc(OC(=O)c5ccc(COCCCCCCC)cc5)c(OC(=O)c5ccc(COCCCCCCC)cc5)cc4c3cc2OC(=O)c2ccc(COCCCCCCC)cc2)cc1.